The average Bonchev–Trinajstić information content (AvgIpc) is 2.62. The molecule has 2 rings (SSSR count). The number of hydrogen-bond donors (Lipinski definition) is 1. The Morgan fingerprint density at radius 2 is 1.75 bits per heavy atom. The van der Waals surface area contributed by atoms with Gasteiger partial charge in [0.05, 0.1) is 0 Å². The van der Waals surface area contributed by atoms with Crippen LogP contribution in [0.2, 0.25) is 0 Å². The Morgan fingerprint density at radius 1 is 1.12 bits per heavy atom. The summed E-state index contributed by atoms with van der Waals surface area (Å²) in [5, 5.41) is 0. The van der Waals surface area contributed by atoms with Crippen LogP contribution in [-0.2, 0) is 4.79 Å². The molecule has 3 heteroatoms. The molecule has 1 saturated heterocycles. The van der Waals surface area contributed by atoms with Gasteiger partial charge in [0.25, 0.3) is 0 Å². The normalized spacial score (nSPS) is 40.1. The van der Waals surface area contributed by atoms with Crippen molar-refractivity contribution < 1.29 is 4.79 Å². The predicted molar refractivity (Wildman–Crippen MR) is 64.8 cm³/mol. The van der Waals surface area contributed by atoms with Crippen molar-refractivity contribution in [2.75, 3.05) is 13.1 Å². The minimum absolute atomic E-state index is 0.215. The molecule has 92 valence electrons. The highest BCUT2D eigenvalue weighted by Crippen LogP contribution is 2.29. The van der Waals surface area contributed by atoms with E-state index >= 15 is 0 Å². The van der Waals surface area contributed by atoms with E-state index < -0.39 is 0 Å². The zero-order valence-electron chi connectivity index (χ0n) is 10.5. The molecule has 0 radical (unpaired) electrons. The zero-order valence-corrected chi connectivity index (χ0v) is 10.5. The third-order valence-electron chi connectivity index (χ3n) is 4.00. The molecule has 1 aliphatic carbocycles. The van der Waals surface area contributed by atoms with Gasteiger partial charge >= 0.3 is 0 Å². The van der Waals surface area contributed by atoms with Gasteiger partial charge in [0.2, 0.25) is 5.91 Å². The first kappa shape index (κ1) is 11.9. The van der Waals surface area contributed by atoms with Gasteiger partial charge in [0.15, 0.2) is 0 Å². The first-order chi connectivity index (χ1) is 7.56. The molecule has 4 atom stereocenters. The molecular weight excluding hydrogens is 200 g/mol. The maximum Gasteiger partial charge on any atom is 0.225 e. The van der Waals surface area contributed by atoms with Crippen molar-refractivity contribution in [3.63, 3.8) is 0 Å². The number of carbonyl (C=O) groups excluding carboxylic acids is 1. The van der Waals surface area contributed by atoms with Gasteiger partial charge < -0.3 is 10.6 Å². The summed E-state index contributed by atoms with van der Waals surface area (Å²) < 4.78 is 0. The molecule has 2 aliphatic rings. The topological polar surface area (TPSA) is 46.3 Å². The maximum absolute atomic E-state index is 12.3. The Labute approximate surface area is 98.4 Å². The van der Waals surface area contributed by atoms with E-state index in [9.17, 15) is 4.79 Å². The number of rotatable bonds is 1. The summed E-state index contributed by atoms with van der Waals surface area (Å²) in [5.41, 5.74) is 5.88. The molecule has 1 saturated carbocycles. The second kappa shape index (κ2) is 4.74. The fraction of sp³-hybridized carbons (Fsp3) is 0.923. The Hall–Kier alpha value is -0.570. The van der Waals surface area contributed by atoms with E-state index in [1.165, 1.54) is 6.42 Å². The third-order valence-corrected chi connectivity index (χ3v) is 4.00. The van der Waals surface area contributed by atoms with Crippen molar-refractivity contribution in [3.05, 3.63) is 0 Å². The number of nitrogens with two attached hydrogens (primary N) is 1. The van der Waals surface area contributed by atoms with Gasteiger partial charge in [-0.05, 0) is 37.5 Å². The second-order valence-corrected chi connectivity index (χ2v) is 5.96. The summed E-state index contributed by atoms with van der Waals surface area (Å²) in [6.07, 6.45) is 4.18. The van der Waals surface area contributed by atoms with Crippen LogP contribution in [0.4, 0.5) is 0 Å². The molecule has 3 nitrogen and oxygen atoms in total. The SMILES string of the molecule is CC1CC(C)CN(C(=O)C2CCC(N)C2)C1. The van der Waals surface area contributed by atoms with E-state index in [-0.39, 0.29) is 12.0 Å². The van der Waals surface area contributed by atoms with Crippen LogP contribution in [0.25, 0.3) is 0 Å². The Kier molecular flexibility index (Phi) is 3.53. The maximum atomic E-state index is 12.3. The Bertz CT molecular complexity index is 257. The van der Waals surface area contributed by atoms with Gasteiger partial charge in [0.1, 0.15) is 0 Å². The van der Waals surface area contributed by atoms with E-state index in [1.807, 2.05) is 0 Å². The van der Waals surface area contributed by atoms with Crippen molar-refractivity contribution in [3.8, 4) is 0 Å². The Morgan fingerprint density at radius 3 is 2.25 bits per heavy atom. The van der Waals surface area contributed by atoms with Gasteiger partial charge in [0, 0.05) is 25.0 Å². The third kappa shape index (κ3) is 2.57. The summed E-state index contributed by atoms with van der Waals surface area (Å²) in [5.74, 6) is 1.89. The highest BCUT2D eigenvalue weighted by Gasteiger charge is 2.33. The molecule has 0 bridgehead atoms. The average molecular weight is 224 g/mol. The molecular formula is C13H24N2O. The molecule has 2 fully saturated rings. The summed E-state index contributed by atoms with van der Waals surface area (Å²) >= 11 is 0. The summed E-state index contributed by atoms with van der Waals surface area (Å²) in [4.78, 5) is 14.4. The van der Waals surface area contributed by atoms with E-state index in [0.717, 1.165) is 32.4 Å². The van der Waals surface area contributed by atoms with Gasteiger partial charge in [-0.1, -0.05) is 13.8 Å². The van der Waals surface area contributed by atoms with Gasteiger partial charge in [-0.25, -0.2) is 0 Å². The van der Waals surface area contributed by atoms with Crippen molar-refractivity contribution in [2.24, 2.45) is 23.5 Å². The quantitative estimate of drug-likeness (QED) is 0.735. The highest BCUT2D eigenvalue weighted by molar-refractivity contribution is 5.79. The molecule has 1 aliphatic heterocycles. The molecule has 0 spiro atoms. The molecule has 16 heavy (non-hydrogen) atoms. The molecule has 0 aromatic rings. The van der Waals surface area contributed by atoms with Gasteiger partial charge in [-0.15, -0.1) is 0 Å². The summed E-state index contributed by atoms with van der Waals surface area (Å²) in [7, 11) is 0. The van der Waals surface area contributed by atoms with Crippen molar-refractivity contribution >= 4 is 5.91 Å². The number of carbonyl (C=O) groups is 1. The van der Waals surface area contributed by atoms with Crippen LogP contribution in [0.15, 0.2) is 0 Å². The molecule has 2 N–H and O–H groups in total. The largest absolute Gasteiger partial charge is 0.342 e. The molecule has 0 aromatic heterocycles. The minimum atomic E-state index is 0.215. The summed E-state index contributed by atoms with van der Waals surface area (Å²) in [6, 6.07) is 0.258. The smallest absolute Gasteiger partial charge is 0.225 e. The molecule has 0 aromatic carbocycles. The van der Waals surface area contributed by atoms with Crippen LogP contribution in [0.1, 0.15) is 39.5 Å². The summed E-state index contributed by atoms with van der Waals surface area (Å²) in [6.45, 7) is 6.40. The van der Waals surface area contributed by atoms with Crippen LogP contribution in [0, 0.1) is 17.8 Å². The molecule has 1 heterocycles. The standard InChI is InChI=1S/C13H24N2O/c1-9-5-10(2)8-15(7-9)13(16)11-3-4-12(14)6-11/h9-12H,3-8,14H2,1-2H3. The second-order valence-electron chi connectivity index (χ2n) is 5.96. The van der Waals surface area contributed by atoms with E-state index in [0.29, 0.717) is 17.7 Å². The lowest BCUT2D eigenvalue weighted by Gasteiger charge is -2.36. The van der Waals surface area contributed by atoms with E-state index in [2.05, 4.69) is 18.7 Å². The number of amides is 1. The number of nitrogens with zero attached hydrogens (tertiary/aromatic N) is 1. The minimum Gasteiger partial charge on any atom is -0.342 e. The first-order valence-corrected chi connectivity index (χ1v) is 6.60. The van der Waals surface area contributed by atoms with Crippen LogP contribution in [-0.4, -0.2) is 29.9 Å². The van der Waals surface area contributed by atoms with Crippen LogP contribution >= 0.6 is 0 Å². The number of piperidine rings is 1. The monoisotopic (exact) mass is 224 g/mol. The van der Waals surface area contributed by atoms with Crippen molar-refractivity contribution in [1.82, 2.24) is 4.90 Å². The predicted octanol–water partition coefficient (Wildman–Crippen LogP) is 1.62. The number of hydrogen-bond acceptors (Lipinski definition) is 2. The first-order valence-electron chi connectivity index (χ1n) is 6.60. The van der Waals surface area contributed by atoms with E-state index in [1.54, 1.807) is 0 Å². The van der Waals surface area contributed by atoms with Crippen LogP contribution < -0.4 is 5.73 Å². The van der Waals surface area contributed by atoms with Gasteiger partial charge in [-0.2, -0.15) is 0 Å². The zero-order chi connectivity index (χ0) is 11.7. The van der Waals surface area contributed by atoms with Crippen LogP contribution in [0.5, 0.6) is 0 Å². The lowest BCUT2D eigenvalue weighted by molar-refractivity contribution is -0.138. The molecule has 4 unspecified atom stereocenters. The molecule has 1 amide bonds. The fourth-order valence-electron chi connectivity index (χ4n) is 3.34. The highest BCUT2D eigenvalue weighted by atomic mass is 16.2. The number of likely N-dealkylation sites (tertiary alicyclic amines) is 1. The fourth-order valence-corrected chi connectivity index (χ4v) is 3.34. The Balaban J connectivity index is 1.93. The van der Waals surface area contributed by atoms with Crippen molar-refractivity contribution in [2.45, 2.75) is 45.6 Å². The lowest BCUT2D eigenvalue weighted by Crippen LogP contribution is -2.45. The van der Waals surface area contributed by atoms with Crippen molar-refractivity contribution in [1.29, 1.82) is 0 Å². The lowest BCUT2D eigenvalue weighted by atomic mass is 9.91. The van der Waals surface area contributed by atoms with E-state index in [4.69, 9.17) is 5.73 Å². The van der Waals surface area contributed by atoms with Gasteiger partial charge in [-0.3, -0.25) is 4.79 Å². The van der Waals surface area contributed by atoms with Crippen LogP contribution in [0.3, 0.4) is 0 Å².